The molecule has 2 fully saturated rings. The van der Waals surface area contributed by atoms with Gasteiger partial charge in [-0.2, -0.15) is 0 Å². The number of hydrogen-bond acceptors (Lipinski definition) is 1. The van der Waals surface area contributed by atoms with E-state index in [1.807, 2.05) is 0 Å². The minimum atomic E-state index is 0.649. The first-order valence-corrected chi connectivity index (χ1v) is 7.22. The summed E-state index contributed by atoms with van der Waals surface area (Å²) in [5.74, 6) is 2.97. The standard InChI is InChI=1S/C15H24O/c1(2-4-6-15-11-16-15)3-5-13-9-12-7-8-14(13)10-12/h7-8,12-15H,1-6,9-11H2. The summed E-state index contributed by atoms with van der Waals surface area (Å²) >= 11 is 0. The molecule has 0 N–H and O–H groups in total. The van der Waals surface area contributed by atoms with Crippen molar-refractivity contribution >= 4 is 0 Å². The molecule has 2 aliphatic carbocycles. The summed E-state index contributed by atoms with van der Waals surface area (Å²) in [6.45, 7) is 1.04. The van der Waals surface area contributed by atoms with Gasteiger partial charge in [0.1, 0.15) is 0 Å². The Morgan fingerprint density at radius 1 is 0.938 bits per heavy atom. The summed E-state index contributed by atoms with van der Waals surface area (Å²) in [5, 5.41) is 0. The zero-order valence-electron chi connectivity index (χ0n) is 10.2. The molecule has 0 spiro atoms. The van der Waals surface area contributed by atoms with Crippen LogP contribution in [-0.2, 0) is 4.74 Å². The van der Waals surface area contributed by atoms with E-state index in [9.17, 15) is 0 Å². The highest BCUT2D eigenvalue weighted by Crippen LogP contribution is 2.45. The lowest BCUT2D eigenvalue weighted by Crippen LogP contribution is -2.06. The maximum absolute atomic E-state index is 5.22. The minimum absolute atomic E-state index is 0.649. The molecule has 4 unspecified atom stereocenters. The Balaban J connectivity index is 1.22. The molecule has 1 heterocycles. The number of hydrogen-bond donors (Lipinski definition) is 0. The van der Waals surface area contributed by atoms with Crippen LogP contribution >= 0.6 is 0 Å². The van der Waals surface area contributed by atoms with Crippen molar-refractivity contribution < 1.29 is 4.74 Å². The molecule has 1 saturated heterocycles. The Bertz CT molecular complexity index is 254. The SMILES string of the molecule is C1=CC2CC1CC2CCCCCCC1CO1. The van der Waals surface area contributed by atoms with Gasteiger partial charge in [-0.05, 0) is 43.4 Å². The van der Waals surface area contributed by atoms with E-state index in [2.05, 4.69) is 12.2 Å². The van der Waals surface area contributed by atoms with Crippen LogP contribution in [0, 0.1) is 17.8 Å². The fourth-order valence-corrected chi connectivity index (χ4v) is 3.59. The summed E-state index contributed by atoms with van der Waals surface area (Å²) in [4.78, 5) is 0. The van der Waals surface area contributed by atoms with Crippen molar-refractivity contribution in [3.8, 4) is 0 Å². The van der Waals surface area contributed by atoms with E-state index < -0.39 is 0 Å². The van der Waals surface area contributed by atoms with Gasteiger partial charge in [0, 0.05) is 0 Å². The predicted molar refractivity (Wildman–Crippen MR) is 66.3 cm³/mol. The maximum atomic E-state index is 5.22. The molecule has 1 aliphatic heterocycles. The van der Waals surface area contributed by atoms with Gasteiger partial charge >= 0.3 is 0 Å². The van der Waals surface area contributed by atoms with E-state index in [1.54, 1.807) is 0 Å². The molecule has 2 bridgehead atoms. The highest BCUT2D eigenvalue weighted by molar-refractivity contribution is 5.09. The van der Waals surface area contributed by atoms with Crippen LogP contribution in [0.25, 0.3) is 0 Å². The number of rotatable bonds is 7. The first-order valence-electron chi connectivity index (χ1n) is 7.22. The lowest BCUT2D eigenvalue weighted by atomic mass is 9.88. The molecule has 0 radical (unpaired) electrons. The van der Waals surface area contributed by atoms with Crippen molar-refractivity contribution in [2.75, 3.05) is 6.61 Å². The Hall–Kier alpha value is -0.300. The smallest absolute Gasteiger partial charge is 0.0810 e. The summed E-state index contributed by atoms with van der Waals surface area (Å²) in [6.07, 6.45) is 17.1. The van der Waals surface area contributed by atoms with Crippen molar-refractivity contribution in [1.82, 2.24) is 0 Å². The van der Waals surface area contributed by atoms with Crippen LogP contribution in [0.5, 0.6) is 0 Å². The zero-order chi connectivity index (χ0) is 10.8. The fraction of sp³-hybridized carbons (Fsp3) is 0.867. The fourth-order valence-electron chi connectivity index (χ4n) is 3.59. The van der Waals surface area contributed by atoms with Gasteiger partial charge in [-0.15, -0.1) is 0 Å². The second-order valence-electron chi connectivity index (χ2n) is 5.99. The van der Waals surface area contributed by atoms with Crippen LogP contribution in [0.1, 0.15) is 51.4 Å². The summed E-state index contributed by atoms with van der Waals surface area (Å²) in [7, 11) is 0. The van der Waals surface area contributed by atoms with Gasteiger partial charge in [-0.25, -0.2) is 0 Å². The molecule has 0 aromatic carbocycles. The highest BCUT2D eigenvalue weighted by Gasteiger charge is 2.34. The van der Waals surface area contributed by atoms with Crippen LogP contribution in [0.3, 0.4) is 0 Å². The van der Waals surface area contributed by atoms with Crippen LogP contribution in [-0.4, -0.2) is 12.7 Å². The maximum Gasteiger partial charge on any atom is 0.0810 e. The van der Waals surface area contributed by atoms with Crippen LogP contribution in [0.4, 0.5) is 0 Å². The Morgan fingerprint density at radius 2 is 1.75 bits per heavy atom. The summed E-state index contributed by atoms with van der Waals surface area (Å²) in [6, 6.07) is 0. The monoisotopic (exact) mass is 220 g/mol. The molecule has 0 aromatic rings. The lowest BCUT2D eigenvalue weighted by molar-refractivity contribution is 0.377. The van der Waals surface area contributed by atoms with Gasteiger partial charge in [0.2, 0.25) is 0 Å². The molecule has 1 saturated carbocycles. The van der Waals surface area contributed by atoms with Gasteiger partial charge in [0.25, 0.3) is 0 Å². The Morgan fingerprint density at radius 3 is 2.38 bits per heavy atom. The number of epoxide rings is 1. The second-order valence-corrected chi connectivity index (χ2v) is 5.99. The normalized spacial score (nSPS) is 39.5. The van der Waals surface area contributed by atoms with Crippen molar-refractivity contribution in [1.29, 1.82) is 0 Å². The van der Waals surface area contributed by atoms with E-state index in [0.29, 0.717) is 6.10 Å². The third-order valence-corrected chi connectivity index (χ3v) is 4.67. The van der Waals surface area contributed by atoms with Gasteiger partial charge < -0.3 is 4.74 Å². The average Bonchev–Trinajstić information content (AvgIpc) is 2.88. The topological polar surface area (TPSA) is 12.5 Å². The van der Waals surface area contributed by atoms with Gasteiger partial charge in [-0.3, -0.25) is 0 Å². The van der Waals surface area contributed by atoms with E-state index in [4.69, 9.17) is 4.74 Å². The predicted octanol–water partition coefficient (Wildman–Crippen LogP) is 3.94. The van der Waals surface area contributed by atoms with Gasteiger partial charge in [0.05, 0.1) is 12.7 Å². The Labute approximate surface area is 99.3 Å². The van der Waals surface area contributed by atoms with Gasteiger partial charge in [0.15, 0.2) is 0 Å². The largest absolute Gasteiger partial charge is 0.373 e. The molecular weight excluding hydrogens is 196 g/mol. The second kappa shape index (κ2) is 4.91. The number of fused-ring (bicyclic) bond motifs is 2. The van der Waals surface area contributed by atoms with Crippen LogP contribution in [0.2, 0.25) is 0 Å². The first-order chi connectivity index (χ1) is 7.92. The highest BCUT2D eigenvalue weighted by atomic mass is 16.6. The number of allylic oxidation sites excluding steroid dienone is 2. The molecule has 3 aliphatic rings. The van der Waals surface area contributed by atoms with E-state index in [-0.39, 0.29) is 0 Å². The minimum Gasteiger partial charge on any atom is -0.373 e. The van der Waals surface area contributed by atoms with Crippen molar-refractivity contribution in [2.45, 2.75) is 57.5 Å². The lowest BCUT2D eigenvalue weighted by Gasteiger charge is -2.17. The number of ether oxygens (including phenoxy) is 1. The molecule has 0 aromatic heterocycles. The average molecular weight is 220 g/mol. The quantitative estimate of drug-likeness (QED) is 0.360. The molecule has 0 amide bonds. The number of unbranched alkanes of at least 4 members (excludes halogenated alkanes) is 3. The molecule has 4 atom stereocenters. The third kappa shape index (κ3) is 2.68. The third-order valence-electron chi connectivity index (χ3n) is 4.67. The first kappa shape index (κ1) is 10.8. The Kier molecular flexibility index (Phi) is 3.32. The van der Waals surface area contributed by atoms with E-state index in [1.165, 1.54) is 51.4 Å². The van der Waals surface area contributed by atoms with E-state index in [0.717, 1.165) is 24.4 Å². The van der Waals surface area contributed by atoms with Crippen molar-refractivity contribution in [2.24, 2.45) is 17.8 Å². The van der Waals surface area contributed by atoms with Crippen LogP contribution in [0.15, 0.2) is 12.2 Å². The molecule has 16 heavy (non-hydrogen) atoms. The molecular formula is C15H24O. The molecule has 90 valence electrons. The van der Waals surface area contributed by atoms with E-state index >= 15 is 0 Å². The molecule has 1 nitrogen and oxygen atoms in total. The van der Waals surface area contributed by atoms with Crippen molar-refractivity contribution in [3.63, 3.8) is 0 Å². The summed E-state index contributed by atoms with van der Waals surface area (Å²) in [5.41, 5.74) is 0. The van der Waals surface area contributed by atoms with Crippen LogP contribution < -0.4 is 0 Å². The van der Waals surface area contributed by atoms with Gasteiger partial charge in [-0.1, -0.05) is 37.8 Å². The molecule has 1 heteroatoms. The molecule has 3 rings (SSSR count). The zero-order valence-corrected chi connectivity index (χ0v) is 10.2. The summed E-state index contributed by atoms with van der Waals surface area (Å²) < 4.78 is 5.22. The van der Waals surface area contributed by atoms with Crippen molar-refractivity contribution in [3.05, 3.63) is 12.2 Å².